The molecule has 0 saturated carbocycles. The van der Waals surface area contributed by atoms with Crippen LogP contribution in [0, 0.1) is 29.9 Å². The van der Waals surface area contributed by atoms with Crippen LogP contribution >= 0.6 is 0 Å². The molecule has 22 heavy (non-hydrogen) atoms. The maximum absolute atomic E-state index is 11.8. The lowest BCUT2D eigenvalue weighted by molar-refractivity contribution is -0.386. The van der Waals surface area contributed by atoms with E-state index < -0.39 is 22.8 Å². The van der Waals surface area contributed by atoms with Crippen LogP contribution in [-0.2, 0) is 16.1 Å². The Morgan fingerprint density at radius 2 is 2.00 bits per heavy atom. The van der Waals surface area contributed by atoms with E-state index in [0.717, 1.165) is 0 Å². The second-order valence-electron chi connectivity index (χ2n) is 5.38. The molecule has 1 heterocycles. The van der Waals surface area contributed by atoms with Gasteiger partial charge < -0.3 is 10.4 Å². The van der Waals surface area contributed by atoms with Gasteiger partial charge in [0, 0.05) is 6.42 Å². The van der Waals surface area contributed by atoms with Crippen LogP contribution in [0.5, 0.6) is 0 Å². The smallest absolute Gasteiger partial charge is 0.326 e. The van der Waals surface area contributed by atoms with E-state index in [0.29, 0.717) is 5.69 Å². The van der Waals surface area contributed by atoms with Crippen LogP contribution in [-0.4, -0.2) is 37.7 Å². The number of amides is 1. The molecule has 0 aliphatic heterocycles. The van der Waals surface area contributed by atoms with Gasteiger partial charge in [-0.05, 0) is 19.8 Å². The summed E-state index contributed by atoms with van der Waals surface area (Å²) in [6.07, 6.45) is -0.00435. The number of nitrogens with one attached hydrogen (secondary N) is 1. The molecule has 0 saturated heterocycles. The number of carbonyl (C=O) groups is 2. The number of carboxylic acids is 1. The molecule has 1 aromatic rings. The summed E-state index contributed by atoms with van der Waals surface area (Å²) in [4.78, 5) is 33.2. The molecule has 0 unspecified atom stereocenters. The van der Waals surface area contributed by atoms with Crippen molar-refractivity contribution in [3.63, 3.8) is 0 Å². The van der Waals surface area contributed by atoms with E-state index in [9.17, 15) is 19.7 Å². The number of rotatable bonds is 7. The molecule has 9 heteroatoms. The van der Waals surface area contributed by atoms with Gasteiger partial charge in [0.15, 0.2) is 0 Å². The number of carbonyl (C=O) groups excluding carboxylic acids is 1. The minimum Gasteiger partial charge on any atom is -0.480 e. The summed E-state index contributed by atoms with van der Waals surface area (Å²) in [6.45, 7) is 6.63. The first-order valence-corrected chi connectivity index (χ1v) is 6.85. The van der Waals surface area contributed by atoms with E-state index in [2.05, 4.69) is 10.4 Å². The third-order valence-electron chi connectivity index (χ3n) is 3.33. The highest BCUT2D eigenvalue weighted by Gasteiger charge is 2.24. The van der Waals surface area contributed by atoms with Crippen molar-refractivity contribution >= 4 is 17.6 Å². The summed E-state index contributed by atoms with van der Waals surface area (Å²) < 4.78 is 1.39. The molecule has 0 bridgehead atoms. The minimum atomic E-state index is -1.09. The molecule has 0 aliphatic rings. The first-order chi connectivity index (χ1) is 10.1. The third-order valence-corrected chi connectivity index (χ3v) is 3.33. The highest BCUT2D eigenvalue weighted by atomic mass is 16.6. The average molecular weight is 312 g/mol. The molecule has 1 rings (SSSR count). The van der Waals surface area contributed by atoms with Crippen LogP contribution in [0.15, 0.2) is 0 Å². The second-order valence-corrected chi connectivity index (χ2v) is 5.38. The van der Waals surface area contributed by atoms with E-state index in [1.54, 1.807) is 20.8 Å². The third kappa shape index (κ3) is 4.03. The van der Waals surface area contributed by atoms with Crippen molar-refractivity contribution in [2.75, 3.05) is 0 Å². The number of aryl methyl sites for hydroxylation is 2. The molecule has 0 fully saturated rings. The Balaban J connectivity index is 2.71. The fourth-order valence-electron chi connectivity index (χ4n) is 2.14. The van der Waals surface area contributed by atoms with E-state index in [4.69, 9.17) is 5.11 Å². The maximum Gasteiger partial charge on any atom is 0.326 e. The number of carboxylic acid groups (broad SMARTS) is 1. The Morgan fingerprint density at radius 1 is 1.41 bits per heavy atom. The van der Waals surface area contributed by atoms with Gasteiger partial charge in [-0.1, -0.05) is 13.8 Å². The zero-order valence-corrected chi connectivity index (χ0v) is 13.0. The van der Waals surface area contributed by atoms with Crippen LogP contribution in [0.25, 0.3) is 0 Å². The molecule has 9 nitrogen and oxygen atoms in total. The Kier molecular flexibility index (Phi) is 5.61. The molecule has 122 valence electrons. The van der Waals surface area contributed by atoms with Crippen molar-refractivity contribution in [1.29, 1.82) is 0 Å². The summed E-state index contributed by atoms with van der Waals surface area (Å²) in [5.41, 5.74) is 0.591. The van der Waals surface area contributed by atoms with Gasteiger partial charge >= 0.3 is 11.7 Å². The monoisotopic (exact) mass is 312 g/mol. The number of nitro groups is 1. The lowest BCUT2D eigenvalue weighted by Crippen LogP contribution is -2.44. The van der Waals surface area contributed by atoms with Crippen LogP contribution < -0.4 is 5.32 Å². The highest BCUT2D eigenvalue weighted by Crippen LogP contribution is 2.21. The summed E-state index contributed by atoms with van der Waals surface area (Å²) in [7, 11) is 0. The SMILES string of the molecule is Cc1nn(CCC(=O)N[C@@H](C(=O)O)C(C)C)c(C)c1[N+](=O)[O-]. The molecule has 0 spiro atoms. The number of aliphatic carboxylic acids is 1. The van der Waals surface area contributed by atoms with Gasteiger partial charge in [0.25, 0.3) is 0 Å². The molecular weight excluding hydrogens is 292 g/mol. The van der Waals surface area contributed by atoms with Gasteiger partial charge in [0.2, 0.25) is 5.91 Å². The van der Waals surface area contributed by atoms with Crippen LogP contribution in [0.1, 0.15) is 31.7 Å². The Bertz CT molecular complexity index is 593. The molecule has 1 amide bonds. The summed E-state index contributed by atoms with van der Waals surface area (Å²) in [6, 6.07) is -0.956. The number of hydrogen-bond donors (Lipinski definition) is 2. The molecule has 1 atom stereocenters. The van der Waals surface area contributed by atoms with E-state index >= 15 is 0 Å². The van der Waals surface area contributed by atoms with Crippen molar-refractivity contribution in [3.8, 4) is 0 Å². The molecule has 2 N–H and O–H groups in total. The van der Waals surface area contributed by atoms with Gasteiger partial charge in [0.1, 0.15) is 17.4 Å². The topological polar surface area (TPSA) is 127 Å². The second kappa shape index (κ2) is 7.01. The van der Waals surface area contributed by atoms with Gasteiger partial charge in [-0.15, -0.1) is 0 Å². The van der Waals surface area contributed by atoms with Gasteiger partial charge in [-0.3, -0.25) is 19.6 Å². The molecular formula is C13H20N4O5. The lowest BCUT2D eigenvalue weighted by Gasteiger charge is -2.17. The largest absolute Gasteiger partial charge is 0.480 e. The Labute approximate surface area is 127 Å². The number of hydrogen-bond acceptors (Lipinski definition) is 5. The Hall–Kier alpha value is -2.45. The molecule has 0 aliphatic carbocycles. The lowest BCUT2D eigenvalue weighted by atomic mass is 10.0. The molecule has 1 aromatic heterocycles. The average Bonchev–Trinajstić information content (AvgIpc) is 2.67. The normalized spacial score (nSPS) is 12.2. The van der Waals surface area contributed by atoms with Crippen LogP contribution in [0.4, 0.5) is 5.69 Å². The van der Waals surface area contributed by atoms with Crippen molar-refractivity contribution in [3.05, 3.63) is 21.5 Å². The minimum absolute atomic E-state index is 0.00435. The quantitative estimate of drug-likeness (QED) is 0.571. The standard InChI is InChI=1S/C13H20N4O5/c1-7(2)11(13(19)20)14-10(18)5-6-16-9(4)12(17(21)22)8(3)15-16/h7,11H,5-6H2,1-4H3,(H,14,18)(H,19,20)/t11-/m1/s1. The fourth-order valence-corrected chi connectivity index (χ4v) is 2.14. The van der Waals surface area contributed by atoms with Crippen molar-refractivity contribution in [2.24, 2.45) is 5.92 Å². The van der Waals surface area contributed by atoms with Crippen LogP contribution in [0.2, 0.25) is 0 Å². The summed E-state index contributed by atoms with van der Waals surface area (Å²) >= 11 is 0. The van der Waals surface area contributed by atoms with Gasteiger partial charge in [-0.25, -0.2) is 4.79 Å². The zero-order chi connectivity index (χ0) is 17.0. The van der Waals surface area contributed by atoms with E-state index in [1.165, 1.54) is 11.6 Å². The van der Waals surface area contributed by atoms with Gasteiger partial charge in [0.05, 0.1) is 11.5 Å². The maximum atomic E-state index is 11.8. The van der Waals surface area contributed by atoms with Crippen molar-refractivity contribution in [1.82, 2.24) is 15.1 Å². The summed E-state index contributed by atoms with van der Waals surface area (Å²) in [5, 5.41) is 26.4. The van der Waals surface area contributed by atoms with Gasteiger partial charge in [-0.2, -0.15) is 5.10 Å². The predicted molar refractivity (Wildman–Crippen MR) is 77.4 cm³/mol. The van der Waals surface area contributed by atoms with Crippen molar-refractivity contribution < 1.29 is 19.6 Å². The Morgan fingerprint density at radius 3 is 2.41 bits per heavy atom. The van der Waals surface area contributed by atoms with Crippen molar-refractivity contribution in [2.45, 2.75) is 46.7 Å². The number of aromatic nitrogens is 2. The molecule has 0 aromatic carbocycles. The number of nitrogens with zero attached hydrogens (tertiary/aromatic N) is 3. The highest BCUT2D eigenvalue weighted by molar-refractivity contribution is 5.83. The summed E-state index contributed by atoms with van der Waals surface area (Å²) in [5.74, 6) is -1.77. The zero-order valence-electron chi connectivity index (χ0n) is 13.0. The van der Waals surface area contributed by atoms with E-state index in [-0.39, 0.29) is 30.3 Å². The molecule has 0 radical (unpaired) electrons. The van der Waals surface area contributed by atoms with Crippen LogP contribution in [0.3, 0.4) is 0 Å². The first kappa shape index (κ1) is 17.6. The predicted octanol–water partition coefficient (Wildman–Crippen LogP) is 1.02. The van der Waals surface area contributed by atoms with E-state index in [1.807, 2.05) is 0 Å². The fraction of sp³-hybridized carbons (Fsp3) is 0.615. The first-order valence-electron chi connectivity index (χ1n) is 6.85.